The molecule has 1 saturated heterocycles. The van der Waals surface area contributed by atoms with E-state index in [0.717, 1.165) is 32.7 Å². The van der Waals surface area contributed by atoms with Crippen molar-refractivity contribution in [3.8, 4) is 0 Å². The lowest BCUT2D eigenvalue weighted by atomic mass is 10.3. The van der Waals surface area contributed by atoms with Gasteiger partial charge in [0.15, 0.2) is 0 Å². The second-order valence-corrected chi connectivity index (χ2v) is 4.90. The Bertz CT molecular complexity index is 206. The molecule has 1 rings (SSSR count). The quantitative estimate of drug-likeness (QED) is 0.639. The molecule has 1 aliphatic rings. The summed E-state index contributed by atoms with van der Waals surface area (Å²) in [5.41, 5.74) is 0. The van der Waals surface area contributed by atoms with Crippen LogP contribution in [-0.4, -0.2) is 73.7 Å². The molecule has 4 nitrogen and oxygen atoms in total. The predicted molar refractivity (Wildman–Crippen MR) is 67.9 cm³/mol. The van der Waals surface area contributed by atoms with Gasteiger partial charge in [-0.15, -0.1) is 0 Å². The number of piperazine rings is 1. The highest BCUT2D eigenvalue weighted by atomic mass is 32.2. The molecule has 0 aliphatic carbocycles. The van der Waals surface area contributed by atoms with Gasteiger partial charge in [-0.1, -0.05) is 0 Å². The van der Waals surface area contributed by atoms with Crippen LogP contribution in [0.3, 0.4) is 0 Å². The van der Waals surface area contributed by atoms with Crippen molar-refractivity contribution in [1.82, 2.24) is 9.80 Å². The highest BCUT2D eigenvalue weighted by Crippen LogP contribution is 2.03. The van der Waals surface area contributed by atoms with Gasteiger partial charge in [-0.3, -0.25) is 14.6 Å². The van der Waals surface area contributed by atoms with Gasteiger partial charge in [0.25, 0.3) is 0 Å². The lowest BCUT2D eigenvalue weighted by molar-refractivity contribution is -0.144. The van der Waals surface area contributed by atoms with E-state index in [-0.39, 0.29) is 5.97 Å². The van der Waals surface area contributed by atoms with Gasteiger partial charge in [0.2, 0.25) is 0 Å². The van der Waals surface area contributed by atoms with Crippen molar-refractivity contribution in [3.63, 3.8) is 0 Å². The molecule has 1 heterocycles. The summed E-state index contributed by atoms with van der Waals surface area (Å²) in [5.74, 6) is 1.10. The summed E-state index contributed by atoms with van der Waals surface area (Å²) in [7, 11) is 0. The second kappa shape index (κ2) is 7.92. The number of nitrogens with zero attached hydrogens (tertiary/aromatic N) is 2. The Morgan fingerprint density at radius 1 is 1.25 bits per heavy atom. The normalized spacial score (nSPS) is 18.6. The van der Waals surface area contributed by atoms with E-state index >= 15 is 0 Å². The molecule has 1 aliphatic heterocycles. The smallest absolute Gasteiger partial charge is 0.320 e. The van der Waals surface area contributed by atoms with Gasteiger partial charge in [0.1, 0.15) is 0 Å². The molecule has 0 atom stereocenters. The molecule has 0 bridgehead atoms. The van der Waals surface area contributed by atoms with E-state index in [9.17, 15) is 4.79 Å². The standard InChI is InChI=1S/C11H22N2O2S/c1-3-15-11(14)10-13-6-4-12(5-7-13)8-9-16-2/h3-10H2,1-2H3. The van der Waals surface area contributed by atoms with Crippen LogP contribution in [0.15, 0.2) is 0 Å². The molecule has 94 valence electrons. The van der Waals surface area contributed by atoms with Crippen molar-refractivity contribution in [1.29, 1.82) is 0 Å². The fourth-order valence-electron chi connectivity index (χ4n) is 1.78. The summed E-state index contributed by atoms with van der Waals surface area (Å²) < 4.78 is 4.94. The first-order valence-corrected chi connectivity index (χ1v) is 7.25. The number of hydrogen-bond donors (Lipinski definition) is 0. The lowest BCUT2D eigenvalue weighted by Gasteiger charge is -2.33. The van der Waals surface area contributed by atoms with Crippen LogP contribution in [-0.2, 0) is 9.53 Å². The Hall–Kier alpha value is -0.260. The highest BCUT2D eigenvalue weighted by molar-refractivity contribution is 7.98. The Balaban J connectivity index is 2.14. The van der Waals surface area contributed by atoms with Crippen molar-refractivity contribution in [2.75, 3.05) is 57.9 Å². The minimum Gasteiger partial charge on any atom is -0.465 e. The molecule has 1 fully saturated rings. The molecule has 0 aromatic heterocycles. The number of esters is 1. The van der Waals surface area contributed by atoms with Crippen molar-refractivity contribution in [3.05, 3.63) is 0 Å². The zero-order valence-corrected chi connectivity index (χ0v) is 11.1. The summed E-state index contributed by atoms with van der Waals surface area (Å²) in [6.07, 6.45) is 2.14. The van der Waals surface area contributed by atoms with Crippen LogP contribution in [0.2, 0.25) is 0 Å². The second-order valence-electron chi connectivity index (χ2n) is 3.92. The number of rotatable bonds is 6. The maximum Gasteiger partial charge on any atom is 0.320 e. The number of thioether (sulfide) groups is 1. The van der Waals surface area contributed by atoms with Gasteiger partial charge >= 0.3 is 5.97 Å². The van der Waals surface area contributed by atoms with E-state index in [4.69, 9.17) is 4.74 Å². The fourth-order valence-corrected chi connectivity index (χ4v) is 2.22. The minimum absolute atomic E-state index is 0.0972. The maximum absolute atomic E-state index is 11.3. The van der Waals surface area contributed by atoms with Crippen molar-refractivity contribution >= 4 is 17.7 Å². The highest BCUT2D eigenvalue weighted by Gasteiger charge is 2.18. The fraction of sp³-hybridized carbons (Fsp3) is 0.909. The zero-order valence-electron chi connectivity index (χ0n) is 10.3. The third kappa shape index (κ3) is 5.18. The Morgan fingerprint density at radius 3 is 2.44 bits per heavy atom. The molecule has 0 spiro atoms. The van der Waals surface area contributed by atoms with Gasteiger partial charge < -0.3 is 4.74 Å². The Morgan fingerprint density at radius 2 is 1.88 bits per heavy atom. The van der Waals surface area contributed by atoms with Gasteiger partial charge in [-0.05, 0) is 13.2 Å². The monoisotopic (exact) mass is 246 g/mol. The average molecular weight is 246 g/mol. The van der Waals surface area contributed by atoms with Crippen LogP contribution >= 0.6 is 11.8 Å². The molecule has 0 aromatic carbocycles. The van der Waals surface area contributed by atoms with Crippen molar-refractivity contribution < 1.29 is 9.53 Å². The molecular formula is C11H22N2O2S. The van der Waals surface area contributed by atoms with E-state index < -0.39 is 0 Å². The van der Waals surface area contributed by atoms with Crippen molar-refractivity contribution in [2.24, 2.45) is 0 Å². The molecular weight excluding hydrogens is 224 g/mol. The van der Waals surface area contributed by atoms with E-state index in [1.807, 2.05) is 18.7 Å². The van der Waals surface area contributed by atoms with Gasteiger partial charge in [0, 0.05) is 38.5 Å². The van der Waals surface area contributed by atoms with Crippen LogP contribution in [0.1, 0.15) is 6.92 Å². The molecule has 0 radical (unpaired) electrons. The minimum atomic E-state index is -0.0972. The van der Waals surface area contributed by atoms with Crippen molar-refractivity contribution in [2.45, 2.75) is 6.92 Å². The third-order valence-electron chi connectivity index (χ3n) is 2.73. The number of carbonyl (C=O) groups is 1. The van der Waals surface area contributed by atoms with Crippen LogP contribution in [0, 0.1) is 0 Å². The predicted octanol–water partition coefficient (Wildman–Crippen LogP) is 0.530. The van der Waals surface area contributed by atoms with Crippen LogP contribution in [0.5, 0.6) is 0 Å². The Kier molecular flexibility index (Phi) is 6.84. The van der Waals surface area contributed by atoms with Gasteiger partial charge in [-0.2, -0.15) is 11.8 Å². The summed E-state index contributed by atoms with van der Waals surface area (Å²) >= 11 is 1.88. The summed E-state index contributed by atoms with van der Waals surface area (Å²) in [6.45, 7) is 8.03. The van der Waals surface area contributed by atoms with Crippen LogP contribution in [0.25, 0.3) is 0 Å². The van der Waals surface area contributed by atoms with Crippen LogP contribution < -0.4 is 0 Å². The zero-order chi connectivity index (χ0) is 11.8. The maximum atomic E-state index is 11.3. The van der Waals surface area contributed by atoms with E-state index in [1.54, 1.807) is 0 Å². The SMILES string of the molecule is CCOC(=O)CN1CCN(CCSC)CC1. The number of ether oxygens (including phenoxy) is 1. The largest absolute Gasteiger partial charge is 0.465 e. The summed E-state index contributed by atoms with van der Waals surface area (Å²) in [5, 5.41) is 0. The molecule has 5 heteroatoms. The summed E-state index contributed by atoms with van der Waals surface area (Å²) in [6, 6.07) is 0. The molecule has 0 aromatic rings. The first-order chi connectivity index (χ1) is 7.76. The Labute approximate surface area is 102 Å². The van der Waals surface area contributed by atoms with E-state index in [2.05, 4.69) is 16.1 Å². The number of hydrogen-bond acceptors (Lipinski definition) is 5. The molecule has 0 N–H and O–H groups in total. The van der Waals surface area contributed by atoms with E-state index in [1.165, 1.54) is 5.75 Å². The first-order valence-electron chi connectivity index (χ1n) is 5.85. The first kappa shape index (κ1) is 13.8. The molecule has 16 heavy (non-hydrogen) atoms. The summed E-state index contributed by atoms with van der Waals surface area (Å²) in [4.78, 5) is 15.9. The van der Waals surface area contributed by atoms with Gasteiger partial charge in [0.05, 0.1) is 13.2 Å². The van der Waals surface area contributed by atoms with Crippen LogP contribution in [0.4, 0.5) is 0 Å². The topological polar surface area (TPSA) is 32.8 Å². The lowest BCUT2D eigenvalue weighted by Crippen LogP contribution is -2.48. The number of carbonyl (C=O) groups excluding carboxylic acids is 1. The molecule has 0 unspecified atom stereocenters. The average Bonchev–Trinajstić information content (AvgIpc) is 2.28. The molecule has 0 saturated carbocycles. The molecule has 0 amide bonds. The van der Waals surface area contributed by atoms with Gasteiger partial charge in [-0.25, -0.2) is 0 Å². The van der Waals surface area contributed by atoms with E-state index in [0.29, 0.717) is 13.2 Å². The third-order valence-corrected chi connectivity index (χ3v) is 3.33.